The second-order valence-electron chi connectivity index (χ2n) is 3.59. The van der Waals surface area contributed by atoms with E-state index in [0.717, 1.165) is 30.3 Å². The summed E-state index contributed by atoms with van der Waals surface area (Å²) in [7, 11) is 0. The first-order valence-electron chi connectivity index (χ1n) is 5.30. The Kier molecular flexibility index (Phi) is 4.85. The van der Waals surface area contributed by atoms with Crippen molar-refractivity contribution < 1.29 is 0 Å². The summed E-state index contributed by atoms with van der Waals surface area (Å²) in [6, 6.07) is 6.26. The van der Waals surface area contributed by atoms with Crippen LogP contribution in [-0.4, -0.2) is 13.1 Å². The zero-order chi connectivity index (χ0) is 11.2. The van der Waals surface area contributed by atoms with Gasteiger partial charge in [-0.1, -0.05) is 11.6 Å². The molecule has 0 aliphatic carbocycles. The Labute approximate surface area is 109 Å². The maximum atomic E-state index is 5.87. The topological polar surface area (TPSA) is 12.0 Å². The van der Waals surface area contributed by atoms with Crippen LogP contribution in [0.15, 0.2) is 29.0 Å². The van der Waals surface area contributed by atoms with Gasteiger partial charge in [0.15, 0.2) is 0 Å². The molecular weight excluding hydrogens is 258 g/mol. The fourth-order valence-corrected chi connectivity index (χ4v) is 3.28. The van der Waals surface area contributed by atoms with E-state index < -0.39 is 0 Å². The molecule has 1 N–H and O–H groups in total. The molecule has 0 unspecified atom stereocenters. The Hall–Kier alpha value is -0.350. The van der Waals surface area contributed by atoms with Gasteiger partial charge in [-0.25, -0.2) is 0 Å². The minimum absolute atomic E-state index is 0.883. The molecule has 0 amide bonds. The third-order valence-corrected chi connectivity index (χ3v) is 4.37. The molecule has 4 heteroatoms. The lowest BCUT2D eigenvalue weighted by molar-refractivity contribution is 0.686. The fourth-order valence-electron chi connectivity index (χ4n) is 1.49. The van der Waals surface area contributed by atoms with Gasteiger partial charge in [0, 0.05) is 4.88 Å². The van der Waals surface area contributed by atoms with E-state index in [1.165, 1.54) is 10.4 Å². The van der Waals surface area contributed by atoms with E-state index in [1.54, 1.807) is 22.7 Å². The van der Waals surface area contributed by atoms with Crippen LogP contribution in [-0.2, 0) is 12.8 Å². The zero-order valence-corrected chi connectivity index (χ0v) is 11.3. The van der Waals surface area contributed by atoms with Gasteiger partial charge in [-0.05, 0) is 60.5 Å². The molecule has 0 bridgehead atoms. The predicted octanol–water partition coefficient (Wildman–Crippen LogP) is 3.84. The summed E-state index contributed by atoms with van der Waals surface area (Å²) in [5.41, 5.74) is 1.43. The molecule has 2 heterocycles. The molecule has 0 radical (unpaired) electrons. The summed E-state index contributed by atoms with van der Waals surface area (Å²) >= 11 is 9.30. The van der Waals surface area contributed by atoms with Crippen LogP contribution < -0.4 is 5.32 Å². The van der Waals surface area contributed by atoms with Crippen molar-refractivity contribution in [3.63, 3.8) is 0 Å². The number of nitrogens with one attached hydrogen (secondary N) is 1. The zero-order valence-electron chi connectivity index (χ0n) is 8.91. The Bertz CT molecular complexity index is 408. The maximum Gasteiger partial charge on any atom is 0.0931 e. The molecule has 16 heavy (non-hydrogen) atoms. The second kappa shape index (κ2) is 6.40. The van der Waals surface area contributed by atoms with E-state index in [1.807, 2.05) is 6.07 Å². The minimum Gasteiger partial charge on any atom is -0.316 e. The highest BCUT2D eigenvalue weighted by molar-refractivity contribution is 7.16. The highest BCUT2D eigenvalue weighted by Gasteiger charge is 1.97. The van der Waals surface area contributed by atoms with E-state index in [9.17, 15) is 0 Å². The molecule has 2 aromatic rings. The molecular formula is C12H14ClNS2. The van der Waals surface area contributed by atoms with Crippen LogP contribution in [0, 0.1) is 0 Å². The first kappa shape index (κ1) is 12.1. The van der Waals surface area contributed by atoms with Crippen LogP contribution in [0.5, 0.6) is 0 Å². The fraction of sp³-hybridized carbons (Fsp3) is 0.333. The number of hydrogen-bond donors (Lipinski definition) is 1. The molecule has 0 fully saturated rings. The smallest absolute Gasteiger partial charge is 0.0931 e. The van der Waals surface area contributed by atoms with E-state index in [4.69, 9.17) is 11.6 Å². The third-order valence-electron chi connectivity index (χ3n) is 2.35. The highest BCUT2D eigenvalue weighted by Crippen LogP contribution is 2.21. The molecule has 0 spiro atoms. The third kappa shape index (κ3) is 3.91. The van der Waals surface area contributed by atoms with Crippen molar-refractivity contribution in [2.75, 3.05) is 13.1 Å². The SMILES string of the molecule is Clc1ccc(CCNCCc2ccsc2)s1. The summed E-state index contributed by atoms with van der Waals surface area (Å²) in [5.74, 6) is 0. The van der Waals surface area contributed by atoms with Gasteiger partial charge in [0.1, 0.15) is 0 Å². The van der Waals surface area contributed by atoms with Gasteiger partial charge < -0.3 is 5.32 Å². The molecule has 2 rings (SSSR count). The second-order valence-corrected chi connectivity index (χ2v) is 6.17. The van der Waals surface area contributed by atoms with Crippen LogP contribution in [0.2, 0.25) is 4.34 Å². The monoisotopic (exact) mass is 271 g/mol. The van der Waals surface area contributed by atoms with E-state index in [2.05, 4.69) is 28.2 Å². The van der Waals surface area contributed by atoms with Crippen molar-refractivity contribution in [3.05, 3.63) is 43.7 Å². The van der Waals surface area contributed by atoms with Crippen LogP contribution in [0.4, 0.5) is 0 Å². The van der Waals surface area contributed by atoms with E-state index >= 15 is 0 Å². The Morgan fingerprint density at radius 2 is 2.00 bits per heavy atom. The Balaban J connectivity index is 1.59. The van der Waals surface area contributed by atoms with Crippen molar-refractivity contribution >= 4 is 34.3 Å². The Morgan fingerprint density at radius 1 is 1.12 bits per heavy atom. The molecule has 2 aromatic heterocycles. The summed E-state index contributed by atoms with van der Waals surface area (Å²) in [6.07, 6.45) is 2.19. The van der Waals surface area contributed by atoms with Gasteiger partial charge in [-0.15, -0.1) is 11.3 Å². The van der Waals surface area contributed by atoms with Gasteiger partial charge in [-0.2, -0.15) is 11.3 Å². The van der Waals surface area contributed by atoms with Crippen LogP contribution in [0.25, 0.3) is 0 Å². The summed E-state index contributed by atoms with van der Waals surface area (Å²) in [5, 5.41) is 7.79. The molecule has 0 saturated carbocycles. The molecule has 86 valence electrons. The summed E-state index contributed by atoms with van der Waals surface area (Å²) in [6.45, 7) is 2.08. The van der Waals surface area contributed by atoms with E-state index in [-0.39, 0.29) is 0 Å². The molecule has 0 aromatic carbocycles. The molecule has 0 aliphatic heterocycles. The lowest BCUT2D eigenvalue weighted by atomic mass is 10.2. The molecule has 1 nitrogen and oxygen atoms in total. The van der Waals surface area contributed by atoms with Gasteiger partial charge in [0.05, 0.1) is 4.34 Å². The quantitative estimate of drug-likeness (QED) is 0.788. The number of halogens is 1. The molecule has 0 aliphatic rings. The first-order valence-corrected chi connectivity index (χ1v) is 7.44. The maximum absolute atomic E-state index is 5.87. The largest absolute Gasteiger partial charge is 0.316 e. The van der Waals surface area contributed by atoms with Crippen molar-refractivity contribution in [3.8, 4) is 0 Å². The summed E-state index contributed by atoms with van der Waals surface area (Å²) in [4.78, 5) is 1.35. The van der Waals surface area contributed by atoms with Crippen molar-refractivity contribution in [1.82, 2.24) is 5.32 Å². The normalized spacial score (nSPS) is 10.8. The number of hydrogen-bond acceptors (Lipinski definition) is 3. The van der Waals surface area contributed by atoms with Crippen LogP contribution >= 0.6 is 34.3 Å². The average molecular weight is 272 g/mol. The number of thiophene rings is 2. The van der Waals surface area contributed by atoms with Gasteiger partial charge >= 0.3 is 0 Å². The first-order chi connectivity index (χ1) is 7.84. The van der Waals surface area contributed by atoms with Gasteiger partial charge in [0.25, 0.3) is 0 Å². The lowest BCUT2D eigenvalue weighted by Gasteiger charge is -2.02. The van der Waals surface area contributed by atoms with Crippen molar-refractivity contribution in [2.24, 2.45) is 0 Å². The minimum atomic E-state index is 0.883. The number of rotatable bonds is 6. The molecule has 0 saturated heterocycles. The van der Waals surface area contributed by atoms with Crippen molar-refractivity contribution in [1.29, 1.82) is 0 Å². The van der Waals surface area contributed by atoms with Crippen molar-refractivity contribution in [2.45, 2.75) is 12.8 Å². The predicted molar refractivity (Wildman–Crippen MR) is 73.9 cm³/mol. The average Bonchev–Trinajstić information content (AvgIpc) is 2.89. The standard InChI is InChI=1S/C12H14ClNS2/c13-12-2-1-11(16-12)4-7-14-6-3-10-5-8-15-9-10/h1-2,5,8-9,14H,3-4,6-7H2. The summed E-state index contributed by atoms with van der Waals surface area (Å²) < 4.78 is 0.883. The van der Waals surface area contributed by atoms with E-state index in [0.29, 0.717) is 0 Å². The van der Waals surface area contributed by atoms with Gasteiger partial charge in [0.2, 0.25) is 0 Å². The highest BCUT2D eigenvalue weighted by atomic mass is 35.5. The Morgan fingerprint density at radius 3 is 2.69 bits per heavy atom. The molecule has 0 atom stereocenters. The van der Waals surface area contributed by atoms with Crippen LogP contribution in [0.1, 0.15) is 10.4 Å². The van der Waals surface area contributed by atoms with Gasteiger partial charge in [-0.3, -0.25) is 0 Å². The van der Waals surface area contributed by atoms with Crippen LogP contribution in [0.3, 0.4) is 0 Å². The lowest BCUT2D eigenvalue weighted by Crippen LogP contribution is -2.19.